The van der Waals surface area contributed by atoms with Gasteiger partial charge in [0.15, 0.2) is 6.10 Å². The molecule has 2 aromatic carbocycles. The SMILES string of the molecule is CCCc1c(O)c(C(C)(N)C(F)(F)F)cc(Cl)c1OC(C(=O)OC(C)C(=O)N1CCCC1)c1ccc(Cl)cc1. The van der Waals surface area contributed by atoms with Gasteiger partial charge in [0, 0.05) is 34.8 Å². The van der Waals surface area contributed by atoms with E-state index in [1.807, 2.05) is 0 Å². The molecule has 3 unspecified atom stereocenters. The van der Waals surface area contributed by atoms with Crippen LogP contribution in [0.1, 0.15) is 62.8 Å². The van der Waals surface area contributed by atoms with Gasteiger partial charge in [-0.1, -0.05) is 48.7 Å². The first-order valence-corrected chi connectivity index (χ1v) is 13.3. The van der Waals surface area contributed by atoms with E-state index in [9.17, 15) is 27.9 Å². The van der Waals surface area contributed by atoms with Gasteiger partial charge in [-0.3, -0.25) is 4.79 Å². The first-order chi connectivity index (χ1) is 18.2. The molecule has 0 bridgehead atoms. The first kappa shape index (κ1) is 30.8. The number of halogens is 5. The molecule has 3 atom stereocenters. The Hall–Kier alpha value is -2.69. The Morgan fingerprint density at radius 1 is 1.15 bits per heavy atom. The number of carbonyl (C=O) groups excluding carboxylic acids is 2. The summed E-state index contributed by atoms with van der Waals surface area (Å²) in [6.45, 7) is 5.05. The molecule has 3 rings (SSSR count). The topological polar surface area (TPSA) is 102 Å². The Morgan fingerprint density at radius 3 is 2.28 bits per heavy atom. The Morgan fingerprint density at radius 2 is 1.74 bits per heavy atom. The number of hydrogen-bond donors (Lipinski definition) is 2. The first-order valence-electron chi connectivity index (χ1n) is 12.5. The van der Waals surface area contributed by atoms with E-state index in [1.54, 1.807) is 11.8 Å². The quantitative estimate of drug-likeness (QED) is 0.344. The van der Waals surface area contributed by atoms with Gasteiger partial charge in [-0.25, -0.2) is 4.79 Å². The molecule has 12 heteroatoms. The van der Waals surface area contributed by atoms with E-state index in [-0.39, 0.29) is 34.2 Å². The molecule has 1 saturated heterocycles. The van der Waals surface area contributed by atoms with Crippen molar-refractivity contribution in [3.8, 4) is 11.5 Å². The molecule has 1 amide bonds. The molecule has 1 heterocycles. The lowest BCUT2D eigenvalue weighted by molar-refractivity contribution is -0.184. The molecule has 39 heavy (non-hydrogen) atoms. The van der Waals surface area contributed by atoms with Crippen LogP contribution in [-0.4, -0.2) is 47.3 Å². The maximum Gasteiger partial charge on any atom is 0.410 e. The number of benzene rings is 2. The van der Waals surface area contributed by atoms with Crippen molar-refractivity contribution in [3.63, 3.8) is 0 Å². The van der Waals surface area contributed by atoms with Gasteiger partial charge in [0.2, 0.25) is 6.10 Å². The van der Waals surface area contributed by atoms with E-state index in [1.165, 1.54) is 31.2 Å². The van der Waals surface area contributed by atoms with Crippen LogP contribution in [0.5, 0.6) is 11.5 Å². The standard InChI is InChI=1S/C27H31Cl2F3N2O5/c1-4-7-18-21(35)19(26(3,33)27(30,31)32)14-20(29)23(18)39-22(16-8-10-17(28)11-9-16)25(37)38-15(2)24(36)34-12-5-6-13-34/h8-11,14-15,22,35H,4-7,12-13,33H2,1-3H3. The van der Waals surface area contributed by atoms with Gasteiger partial charge in [0.25, 0.3) is 5.91 Å². The number of ether oxygens (including phenoxy) is 2. The highest BCUT2D eigenvalue weighted by Gasteiger charge is 2.51. The number of alkyl halides is 3. The fourth-order valence-electron chi connectivity index (χ4n) is 4.32. The van der Waals surface area contributed by atoms with E-state index in [2.05, 4.69) is 0 Å². The molecule has 1 aliphatic heterocycles. The van der Waals surface area contributed by atoms with Crippen LogP contribution in [0.4, 0.5) is 13.2 Å². The second kappa shape index (κ2) is 12.2. The molecule has 0 saturated carbocycles. The molecule has 214 valence electrons. The van der Waals surface area contributed by atoms with Crippen molar-refractivity contribution >= 4 is 35.1 Å². The summed E-state index contributed by atoms with van der Waals surface area (Å²) in [5.41, 5.74) is 2.27. The second-order valence-electron chi connectivity index (χ2n) is 9.67. The average molecular weight is 591 g/mol. The zero-order valence-corrected chi connectivity index (χ0v) is 23.3. The van der Waals surface area contributed by atoms with Crippen molar-refractivity contribution in [1.29, 1.82) is 0 Å². The molecule has 0 aromatic heterocycles. The Bertz CT molecular complexity index is 1200. The minimum Gasteiger partial charge on any atom is -0.507 e. The summed E-state index contributed by atoms with van der Waals surface area (Å²) in [5, 5.41) is 11.0. The van der Waals surface area contributed by atoms with Crippen LogP contribution in [-0.2, 0) is 26.3 Å². The molecule has 3 N–H and O–H groups in total. The van der Waals surface area contributed by atoms with Gasteiger partial charge >= 0.3 is 12.1 Å². The molecule has 7 nitrogen and oxygen atoms in total. The summed E-state index contributed by atoms with van der Waals surface area (Å²) in [6.07, 6.45) is -5.31. The van der Waals surface area contributed by atoms with Crippen LogP contribution in [0.2, 0.25) is 10.0 Å². The minimum absolute atomic E-state index is 0.0473. The van der Waals surface area contributed by atoms with Gasteiger partial charge in [-0.15, -0.1) is 0 Å². The average Bonchev–Trinajstić information content (AvgIpc) is 3.40. The molecule has 0 aliphatic carbocycles. The number of phenolic OH excluding ortho intramolecular Hbond substituents is 1. The number of phenols is 1. The maximum atomic E-state index is 13.7. The molecule has 1 fully saturated rings. The summed E-state index contributed by atoms with van der Waals surface area (Å²) in [4.78, 5) is 27.7. The van der Waals surface area contributed by atoms with Crippen LogP contribution in [0.25, 0.3) is 0 Å². The van der Waals surface area contributed by atoms with Crippen molar-refractivity contribution in [2.75, 3.05) is 13.1 Å². The number of amides is 1. The molecule has 2 aromatic rings. The van der Waals surface area contributed by atoms with E-state index >= 15 is 0 Å². The molecule has 0 radical (unpaired) electrons. The van der Waals surface area contributed by atoms with Gasteiger partial charge in [-0.05, 0) is 51.3 Å². The number of rotatable bonds is 9. The van der Waals surface area contributed by atoms with Crippen molar-refractivity contribution in [3.05, 3.63) is 57.1 Å². The zero-order valence-electron chi connectivity index (χ0n) is 21.8. The second-order valence-corrected chi connectivity index (χ2v) is 10.5. The lowest BCUT2D eigenvalue weighted by Gasteiger charge is -2.31. The number of hydrogen-bond acceptors (Lipinski definition) is 6. The molecule has 0 spiro atoms. The number of aromatic hydroxyl groups is 1. The van der Waals surface area contributed by atoms with Gasteiger partial charge in [-0.2, -0.15) is 13.2 Å². The van der Waals surface area contributed by atoms with E-state index in [0.717, 1.165) is 25.8 Å². The van der Waals surface area contributed by atoms with Crippen LogP contribution in [0.3, 0.4) is 0 Å². The van der Waals surface area contributed by atoms with E-state index in [0.29, 0.717) is 24.5 Å². The highest BCUT2D eigenvalue weighted by atomic mass is 35.5. The van der Waals surface area contributed by atoms with Crippen LogP contribution >= 0.6 is 23.2 Å². The van der Waals surface area contributed by atoms with Crippen molar-refractivity contribution in [2.45, 2.75) is 70.4 Å². The van der Waals surface area contributed by atoms with Crippen molar-refractivity contribution in [1.82, 2.24) is 4.90 Å². The number of nitrogens with two attached hydrogens (primary N) is 1. The highest BCUT2D eigenvalue weighted by molar-refractivity contribution is 6.32. The summed E-state index contributed by atoms with van der Waals surface area (Å²) in [7, 11) is 0. The minimum atomic E-state index is -4.90. The smallest absolute Gasteiger partial charge is 0.410 e. The lowest BCUT2D eigenvalue weighted by atomic mass is 9.88. The van der Waals surface area contributed by atoms with Crippen molar-refractivity contribution in [2.24, 2.45) is 5.73 Å². The van der Waals surface area contributed by atoms with E-state index in [4.69, 9.17) is 38.4 Å². The summed E-state index contributed by atoms with van der Waals surface area (Å²) in [6, 6.07) is 6.91. The van der Waals surface area contributed by atoms with Crippen LogP contribution < -0.4 is 10.5 Å². The maximum absolute atomic E-state index is 13.7. The summed E-state index contributed by atoms with van der Waals surface area (Å²) >= 11 is 12.4. The third-order valence-electron chi connectivity index (χ3n) is 6.63. The zero-order chi connectivity index (χ0) is 29.1. The van der Waals surface area contributed by atoms with Gasteiger partial charge in [0.05, 0.1) is 5.02 Å². The fourth-order valence-corrected chi connectivity index (χ4v) is 4.72. The van der Waals surface area contributed by atoms with Crippen LogP contribution in [0.15, 0.2) is 30.3 Å². The Balaban J connectivity index is 2.04. The number of likely N-dealkylation sites (tertiary alicyclic amines) is 1. The van der Waals surface area contributed by atoms with Crippen molar-refractivity contribution < 1.29 is 37.3 Å². The number of carbonyl (C=O) groups is 2. The fraction of sp³-hybridized carbons (Fsp3) is 0.481. The Labute approximate surface area is 235 Å². The van der Waals surface area contributed by atoms with Gasteiger partial charge in [0.1, 0.15) is 17.0 Å². The highest BCUT2D eigenvalue weighted by Crippen LogP contribution is 2.47. The normalized spacial score (nSPS) is 16.9. The van der Waals surface area contributed by atoms with Gasteiger partial charge < -0.3 is 25.2 Å². The summed E-state index contributed by atoms with van der Waals surface area (Å²) in [5.74, 6) is -2.22. The Kier molecular flexibility index (Phi) is 9.67. The third kappa shape index (κ3) is 6.73. The molecular weight excluding hydrogens is 560 g/mol. The van der Waals surface area contributed by atoms with E-state index < -0.39 is 41.2 Å². The monoisotopic (exact) mass is 590 g/mol. The summed E-state index contributed by atoms with van der Waals surface area (Å²) < 4.78 is 52.6. The third-order valence-corrected chi connectivity index (χ3v) is 7.17. The lowest BCUT2D eigenvalue weighted by Crippen LogP contribution is -2.47. The molecule has 1 aliphatic rings. The largest absolute Gasteiger partial charge is 0.507 e. The predicted octanol–water partition coefficient (Wildman–Crippen LogP) is 6.06. The molecular formula is C27H31Cl2F3N2O5. The predicted molar refractivity (Wildman–Crippen MR) is 141 cm³/mol. The van der Waals surface area contributed by atoms with Crippen LogP contribution in [0, 0.1) is 0 Å². The number of esters is 1. The number of nitrogens with zero attached hydrogens (tertiary/aromatic N) is 1.